The molecule has 4 N–H and O–H groups in total. The number of aromatic nitrogens is 2. The molecule has 5 heteroatoms. The Morgan fingerprint density at radius 1 is 1.28 bits per heavy atom. The van der Waals surface area contributed by atoms with Gasteiger partial charge in [0.05, 0.1) is 12.1 Å². The first-order valence-corrected chi connectivity index (χ1v) is 6.09. The molecule has 0 amide bonds. The Balaban J connectivity index is 1.91. The third-order valence-corrected chi connectivity index (χ3v) is 3.54. The second kappa shape index (κ2) is 4.10. The molecule has 1 saturated carbocycles. The lowest BCUT2D eigenvalue weighted by Crippen LogP contribution is -2.20. The van der Waals surface area contributed by atoms with Crippen LogP contribution in [0, 0.1) is 5.41 Å². The van der Waals surface area contributed by atoms with Crippen LogP contribution < -0.4 is 11.1 Å². The van der Waals surface area contributed by atoms with Crippen molar-refractivity contribution >= 4 is 22.7 Å². The Morgan fingerprint density at radius 2 is 2.06 bits per heavy atom. The topological polar surface area (TPSA) is 84.1 Å². The molecular weight excluding hydrogens is 228 g/mol. The van der Waals surface area contributed by atoms with Crippen LogP contribution >= 0.6 is 0 Å². The van der Waals surface area contributed by atoms with E-state index in [1.165, 1.54) is 0 Å². The number of nitrogens with two attached hydrogens (primary N) is 1. The predicted octanol–water partition coefficient (Wildman–Crippen LogP) is 1.40. The molecule has 1 aliphatic carbocycles. The third-order valence-electron chi connectivity index (χ3n) is 3.54. The van der Waals surface area contributed by atoms with Gasteiger partial charge in [0.2, 0.25) is 5.95 Å². The van der Waals surface area contributed by atoms with Gasteiger partial charge in [0.15, 0.2) is 0 Å². The zero-order valence-corrected chi connectivity index (χ0v) is 10.1. The van der Waals surface area contributed by atoms with Gasteiger partial charge in [0.1, 0.15) is 5.82 Å². The van der Waals surface area contributed by atoms with Gasteiger partial charge in [-0.2, -0.15) is 4.98 Å². The molecule has 1 aliphatic rings. The van der Waals surface area contributed by atoms with Crippen molar-refractivity contribution in [1.82, 2.24) is 9.97 Å². The number of anilines is 2. The lowest BCUT2D eigenvalue weighted by Gasteiger charge is -2.14. The molecule has 0 unspecified atom stereocenters. The van der Waals surface area contributed by atoms with Crippen molar-refractivity contribution in [2.24, 2.45) is 5.41 Å². The van der Waals surface area contributed by atoms with E-state index in [4.69, 9.17) is 5.73 Å². The van der Waals surface area contributed by atoms with Gasteiger partial charge in [0, 0.05) is 17.3 Å². The summed E-state index contributed by atoms with van der Waals surface area (Å²) < 4.78 is 0. The molecule has 1 aromatic heterocycles. The number of rotatable bonds is 4. The maximum absolute atomic E-state index is 9.30. The largest absolute Gasteiger partial charge is 0.396 e. The molecule has 0 radical (unpaired) electrons. The second-order valence-electron chi connectivity index (χ2n) is 4.96. The van der Waals surface area contributed by atoms with Crippen LogP contribution in [0.15, 0.2) is 24.3 Å². The Kier molecular flexibility index (Phi) is 2.56. The van der Waals surface area contributed by atoms with Crippen molar-refractivity contribution in [1.29, 1.82) is 0 Å². The smallest absolute Gasteiger partial charge is 0.222 e. The SMILES string of the molecule is Nc1nc(NCC2(CO)CC2)c2ccccc2n1. The van der Waals surface area contributed by atoms with Crippen LogP contribution in [0.25, 0.3) is 10.9 Å². The van der Waals surface area contributed by atoms with Crippen LogP contribution in [0.3, 0.4) is 0 Å². The average molecular weight is 244 g/mol. The predicted molar refractivity (Wildman–Crippen MR) is 71.2 cm³/mol. The molecule has 3 rings (SSSR count). The number of nitrogen functional groups attached to an aromatic ring is 1. The van der Waals surface area contributed by atoms with Crippen LogP contribution in [-0.4, -0.2) is 28.2 Å². The maximum Gasteiger partial charge on any atom is 0.222 e. The molecule has 94 valence electrons. The van der Waals surface area contributed by atoms with Crippen LogP contribution in [0.5, 0.6) is 0 Å². The first-order chi connectivity index (χ1) is 8.72. The monoisotopic (exact) mass is 244 g/mol. The Labute approximate surface area is 105 Å². The first kappa shape index (κ1) is 11.2. The van der Waals surface area contributed by atoms with E-state index < -0.39 is 0 Å². The van der Waals surface area contributed by atoms with Gasteiger partial charge in [-0.3, -0.25) is 0 Å². The summed E-state index contributed by atoms with van der Waals surface area (Å²) in [5.41, 5.74) is 6.58. The van der Waals surface area contributed by atoms with Crippen molar-refractivity contribution < 1.29 is 5.11 Å². The summed E-state index contributed by atoms with van der Waals surface area (Å²) in [6.07, 6.45) is 2.13. The van der Waals surface area contributed by atoms with Crippen molar-refractivity contribution in [2.75, 3.05) is 24.2 Å². The van der Waals surface area contributed by atoms with Crippen molar-refractivity contribution in [3.63, 3.8) is 0 Å². The first-order valence-electron chi connectivity index (χ1n) is 6.09. The zero-order valence-electron chi connectivity index (χ0n) is 10.1. The summed E-state index contributed by atoms with van der Waals surface area (Å²) in [4.78, 5) is 8.43. The average Bonchev–Trinajstić information content (AvgIpc) is 3.16. The minimum atomic E-state index is 0.0425. The van der Waals surface area contributed by atoms with Gasteiger partial charge in [-0.25, -0.2) is 4.98 Å². The normalized spacial score (nSPS) is 16.7. The van der Waals surface area contributed by atoms with E-state index >= 15 is 0 Å². The molecule has 2 aromatic rings. The fraction of sp³-hybridized carbons (Fsp3) is 0.385. The number of para-hydroxylation sites is 1. The second-order valence-corrected chi connectivity index (χ2v) is 4.96. The van der Waals surface area contributed by atoms with Gasteiger partial charge in [-0.15, -0.1) is 0 Å². The zero-order chi connectivity index (χ0) is 12.6. The van der Waals surface area contributed by atoms with E-state index in [9.17, 15) is 5.11 Å². The van der Waals surface area contributed by atoms with Gasteiger partial charge in [-0.05, 0) is 25.0 Å². The molecule has 18 heavy (non-hydrogen) atoms. The minimum Gasteiger partial charge on any atom is -0.396 e. The van der Waals surface area contributed by atoms with E-state index in [2.05, 4.69) is 15.3 Å². The van der Waals surface area contributed by atoms with E-state index in [0.29, 0.717) is 0 Å². The number of nitrogens with one attached hydrogen (secondary N) is 1. The Hall–Kier alpha value is -1.88. The highest BCUT2D eigenvalue weighted by molar-refractivity contribution is 5.89. The lowest BCUT2D eigenvalue weighted by molar-refractivity contribution is 0.219. The number of aliphatic hydroxyl groups excluding tert-OH is 1. The summed E-state index contributed by atoms with van der Waals surface area (Å²) in [6, 6.07) is 7.76. The molecule has 0 aliphatic heterocycles. The van der Waals surface area contributed by atoms with Crippen LogP contribution in [0.2, 0.25) is 0 Å². The minimum absolute atomic E-state index is 0.0425. The van der Waals surface area contributed by atoms with Crippen molar-refractivity contribution in [2.45, 2.75) is 12.8 Å². The number of hydrogen-bond acceptors (Lipinski definition) is 5. The molecule has 0 saturated heterocycles. The van der Waals surface area contributed by atoms with Crippen LogP contribution in [0.1, 0.15) is 12.8 Å². The lowest BCUT2D eigenvalue weighted by atomic mass is 10.1. The molecule has 0 spiro atoms. The summed E-state index contributed by atoms with van der Waals surface area (Å²) in [7, 11) is 0. The molecule has 1 heterocycles. The maximum atomic E-state index is 9.30. The van der Waals surface area contributed by atoms with Gasteiger partial charge < -0.3 is 16.2 Å². The molecule has 0 atom stereocenters. The Morgan fingerprint density at radius 3 is 2.78 bits per heavy atom. The fourth-order valence-electron chi connectivity index (χ4n) is 2.07. The summed E-state index contributed by atoms with van der Waals surface area (Å²) >= 11 is 0. The molecule has 1 fully saturated rings. The third kappa shape index (κ3) is 1.97. The van der Waals surface area contributed by atoms with Crippen molar-refractivity contribution in [3.8, 4) is 0 Å². The van der Waals surface area contributed by atoms with E-state index in [1.807, 2.05) is 24.3 Å². The number of aliphatic hydroxyl groups is 1. The van der Waals surface area contributed by atoms with Gasteiger partial charge in [-0.1, -0.05) is 12.1 Å². The molecule has 5 nitrogen and oxygen atoms in total. The van der Waals surface area contributed by atoms with Crippen molar-refractivity contribution in [3.05, 3.63) is 24.3 Å². The Bertz CT molecular complexity index is 580. The molecule has 1 aromatic carbocycles. The standard InChI is InChI=1S/C13H16N4O/c14-12-16-10-4-2-1-3-9(10)11(17-12)15-7-13(8-18)5-6-13/h1-4,18H,5-8H2,(H3,14,15,16,17). The van der Waals surface area contributed by atoms with Gasteiger partial charge >= 0.3 is 0 Å². The van der Waals surface area contributed by atoms with Gasteiger partial charge in [0.25, 0.3) is 0 Å². The van der Waals surface area contributed by atoms with E-state index in [-0.39, 0.29) is 18.0 Å². The fourth-order valence-corrected chi connectivity index (χ4v) is 2.07. The summed E-state index contributed by atoms with van der Waals surface area (Å²) in [5.74, 6) is 1.02. The highest BCUT2D eigenvalue weighted by atomic mass is 16.3. The number of nitrogens with zero attached hydrogens (tertiary/aromatic N) is 2. The molecular formula is C13H16N4O. The number of fused-ring (bicyclic) bond motifs is 1. The highest BCUT2D eigenvalue weighted by Gasteiger charge is 2.41. The molecule has 0 bridgehead atoms. The van der Waals surface area contributed by atoms with Crippen LogP contribution in [0.4, 0.5) is 11.8 Å². The number of benzene rings is 1. The summed E-state index contributed by atoms with van der Waals surface area (Å²) in [5, 5.41) is 13.6. The summed E-state index contributed by atoms with van der Waals surface area (Å²) in [6.45, 7) is 0.947. The van der Waals surface area contributed by atoms with E-state index in [1.54, 1.807) is 0 Å². The quantitative estimate of drug-likeness (QED) is 0.757. The number of hydrogen-bond donors (Lipinski definition) is 3. The van der Waals surface area contributed by atoms with Crippen LogP contribution in [-0.2, 0) is 0 Å². The highest BCUT2D eigenvalue weighted by Crippen LogP contribution is 2.45. The van der Waals surface area contributed by atoms with E-state index in [0.717, 1.165) is 36.1 Å².